The van der Waals surface area contributed by atoms with Gasteiger partial charge < -0.3 is 29.7 Å². The number of amides is 2. The number of methoxy groups -OCH3 is 1. The summed E-state index contributed by atoms with van der Waals surface area (Å²) in [6.45, 7) is 0.500. The number of benzene rings is 2. The van der Waals surface area contributed by atoms with Gasteiger partial charge in [0.1, 0.15) is 18.4 Å². The van der Waals surface area contributed by atoms with Gasteiger partial charge in [0.2, 0.25) is 0 Å². The number of aryl methyl sites for hydroxylation is 1. The van der Waals surface area contributed by atoms with E-state index < -0.39 is 24.0 Å². The zero-order valence-electron chi connectivity index (χ0n) is 20.5. The molecule has 3 N–H and O–H groups in total. The van der Waals surface area contributed by atoms with E-state index in [9.17, 15) is 19.5 Å². The van der Waals surface area contributed by atoms with Crippen LogP contribution >= 0.6 is 0 Å². The summed E-state index contributed by atoms with van der Waals surface area (Å²) in [5, 5.41) is 18.7. The van der Waals surface area contributed by atoms with E-state index in [4.69, 9.17) is 14.0 Å². The number of aromatic nitrogens is 1. The van der Waals surface area contributed by atoms with Crippen molar-refractivity contribution in [1.29, 1.82) is 0 Å². The van der Waals surface area contributed by atoms with Crippen LogP contribution in [-0.4, -0.2) is 47.9 Å². The molecule has 1 aromatic heterocycles. The number of carboxylic acids is 1. The number of alkyl carbamates (subject to hydrolysis) is 1. The molecule has 0 radical (unpaired) electrons. The molecule has 37 heavy (non-hydrogen) atoms. The van der Waals surface area contributed by atoms with Crippen LogP contribution in [0, 0.1) is 0 Å². The molecule has 3 aromatic rings. The van der Waals surface area contributed by atoms with Gasteiger partial charge in [0.25, 0.3) is 5.91 Å². The minimum absolute atomic E-state index is 0.102. The number of aliphatic carboxylic acids is 1. The third-order valence-electron chi connectivity index (χ3n) is 6.21. The summed E-state index contributed by atoms with van der Waals surface area (Å²) in [7, 11) is 1.60. The Labute approximate surface area is 213 Å². The average Bonchev–Trinajstić information content (AvgIpc) is 3.36. The molecule has 0 saturated carbocycles. The van der Waals surface area contributed by atoms with E-state index in [0.29, 0.717) is 43.6 Å². The molecule has 0 spiro atoms. The molecule has 0 bridgehead atoms. The summed E-state index contributed by atoms with van der Waals surface area (Å²) in [6, 6.07) is 13.8. The molecule has 1 atom stereocenters. The van der Waals surface area contributed by atoms with Crippen molar-refractivity contribution < 1.29 is 33.5 Å². The monoisotopic (exact) mass is 507 g/mol. The third kappa shape index (κ3) is 6.46. The molecule has 0 unspecified atom stereocenters. The first-order chi connectivity index (χ1) is 18.0. The predicted molar refractivity (Wildman–Crippen MR) is 133 cm³/mol. The fourth-order valence-electron chi connectivity index (χ4n) is 4.24. The Hall–Kier alpha value is -4.34. The Kier molecular flexibility index (Phi) is 8.40. The summed E-state index contributed by atoms with van der Waals surface area (Å²) >= 11 is 0. The standard InChI is InChI=1S/C27H29N3O7/c1-35-19-11-13-20-18(15-19)10-12-21-23(30-37-24(20)21)25(31)29-22(26(32)33)9-5-6-14-28-27(34)36-16-17-7-3-2-4-8-17/h2-4,7-8,11,13,15,22H,5-6,9-10,12,14,16H2,1H3,(H,28,34)(H,29,31)(H,32,33)/t22-/m0/s1. The topological polar surface area (TPSA) is 140 Å². The number of nitrogens with zero attached hydrogens (tertiary/aromatic N) is 1. The van der Waals surface area contributed by atoms with Gasteiger partial charge in [-0.05, 0) is 61.4 Å². The van der Waals surface area contributed by atoms with Gasteiger partial charge in [0.05, 0.1) is 7.11 Å². The van der Waals surface area contributed by atoms with Gasteiger partial charge >= 0.3 is 12.1 Å². The van der Waals surface area contributed by atoms with Crippen molar-refractivity contribution in [3.8, 4) is 17.1 Å². The van der Waals surface area contributed by atoms with Crippen molar-refractivity contribution >= 4 is 18.0 Å². The van der Waals surface area contributed by atoms with Gasteiger partial charge in [0, 0.05) is 17.7 Å². The van der Waals surface area contributed by atoms with E-state index in [-0.39, 0.29) is 18.7 Å². The minimum Gasteiger partial charge on any atom is -0.497 e. The normalized spacial score (nSPS) is 12.6. The molecule has 0 aliphatic heterocycles. The quantitative estimate of drug-likeness (QED) is 0.334. The van der Waals surface area contributed by atoms with E-state index in [2.05, 4.69) is 15.8 Å². The number of unbranched alkanes of at least 4 members (excludes halogenated alkanes) is 1. The Bertz CT molecular complexity index is 1260. The smallest absolute Gasteiger partial charge is 0.407 e. The maximum absolute atomic E-state index is 12.9. The largest absolute Gasteiger partial charge is 0.497 e. The van der Waals surface area contributed by atoms with Gasteiger partial charge in [-0.3, -0.25) is 4.79 Å². The van der Waals surface area contributed by atoms with Crippen LogP contribution in [0.15, 0.2) is 53.1 Å². The second kappa shape index (κ2) is 12.1. The molecule has 1 aliphatic carbocycles. The van der Waals surface area contributed by atoms with Crippen LogP contribution < -0.4 is 15.4 Å². The highest BCUT2D eigenvalue weighted by Gasteiger charge is 2.30. The van der Waals surface area contributed by atoms with Crippen LogP contribution in [0.2, 0.25) is 0 Å². The summed E-state index contributed by atoms with van der Waals surface area (Å²) in [4.78, 5) is 36.4. The van der Waals surface area contributed by atoms with E-state index in [1.165, 1.54) is 0 Å². The Morgan fingerprint density at radius 1 is 1.11 bits per heavy atom. The van der Waals surface area contributed by atoms with Gasteiger partial charge in [-0.2, -0.15) is 0 Å². The fourth-order valence-corrected chi connectivity index (χ4v) is 4.24. The molecule has 0 fully saturated rings. The van der Waals surface area contributed by atoms with Gasteiger partial charge in [0.15, 0.2) is 11.5 Å². The molecule has 4 rings (SSSR count). The molecule has 10 heteroatoms. The van der Waals surface area contributed by atoms with Crippen LogP contribution in [0.25, 0.3) is 11.3 Å². The lowest BCUT2D eigenvalue weighted by molar-refractivity contribution is -0.139. The van der Waals surface area contributed by atoms with Crippen molar-refractivity contribution in [3.63, 3.8) is 0 Å². The van der Waals surface area contributed by atoms with Crippen LogP contribution in [0.3, 0.4) is 0 Å². The summed E-state index contributed by atoms with van der Waals surface area (Å²) in [6.07, 6.45) is 1.89. The molecule has 0 saturated heterocycles. The summed E-state index contributed by atoms with van der Waals surface area (Å²) in [5.41, 5.74) is 3.53. The fraction of sp³-hybridized carbons (Fsp3) is 0.333. The molecule has 10 nitrogen and oxygen atoms in total. The highest BCUT2D eigenvalue weighted by Crippen LogP contribution is 2.37. The van der Waals surface area contributed by atoms with Gasteiger partial charge in [-0.25, -0.2) is 9.59 Å². The van der Waals surface area contributed by atoms with E-state index in [0.717, 1.165) is 22.4 Å². The maximum atomic E-state index is 12.9. The molecule has 1 aliphatic rings. The maximum Gasteiger partial charge on any atom is 0.407 e. The first-order valence-electron chi connectivity index (χ1n) is 12.1. The number of carboxylic acid groups (broad SMARTS) is 1. The molecule has 2 aromatic carbocycles. The van der Waals surface area contributed by atoms with Crippen molar-refractivity contribution in [1.82, 2.24) is 15.8 Å². The highest BCUT2D eigenvalue weighted by molar-refractivity contribution is 5.97. The zero-order valence-corrected chi connectivity index (χ0v) is 20.5. The number of hydrogen-bond donors (Lipinski definition) is 3. The Morgan fingerprint density at radius 2 is 1.92 bits per heavy atom. The number of ether oxygens (including phenoxy) is 2. The van der Waals surface area contributed by atoms with Crippen LogP contribution in [-0.2, 0) is 29.0 Å². The van der Waals surface area contributed by atoms with E-state index in [1.54, 1.807) is 7.11 Å². The number of rotatable bonds is 11. The number of carbonyl (C=O) groups is 3. The van der Waals surface area contributed by atoms with Crippen molar-refractivity contribution in [2.24, 2.45) is 0 Å². The lowest BCUT2D eigenvalue weighted by Crippen LogP contribution is -2.41. The molecule has 2 amide bonds. The first-order valence-corrected chi connectivity index (χ1v) is 12.1. The first kappa shape index (κ1) is 25.7. The van der Waals surface area contributed by atoms with Crippen LogP contribution in [0.1, 0.15) is 46.4 Å². The predicted octanol–water partition coefficient (Wildman–Crippen LogP) is 3.73. The zero-order chi connectivity index (χ0) is 26.2. The number of carbonyl (C=O) groups excluding carboxylic acids is 2. The summed E-state index contributed by atoms with van der Waals surface area (Å²) in [5.74, 6) is -0.468. The van der Waals surface area contributed by atoms with Crippen molar-refractivity contribution in [3.05, 3.63) is 70.9 Å². The summed E-state index contributed by atoms with van der Waals surface area (Å²) < 4.78 is 15.9. The second-order valence-electron chi connectivity index (χ2n) is 8.71. The molecular weight excluding hydrogens is 478 g/mol. The SMILES string of the molecule is COc1ccc2c(c1)CCc1c(C(=O)N[C@@H](CCCCNC(=O)OCc3ccccc3)C(=O)O)noc1-2. The van der Waals surface area contributed by atoms with Crippen molar-refractivity contribution in [2.45, 2.75) is 44.8 Å². The number of nitrogens with one attached hydrogen (secondary N) is 2. The Balaban J connectivity index is 1.25. The number of hydrogen-bond acceptors (Lipinski definition) is 7. The molecule has 1 heterocycles. The van der Waals surface area contributed by atoms with Crippen molar-refractivity contribution in [2.75, 3.05) is 13.7 Å². The Morgan fingerprint density at radius 3 is 2.68 bits per heavy atom. The highest BCUT2D eigenvalue weighted by atomic mass is 16.5. The lowest BCUT2D eigenvalue weighted by Gasteiger charge is -2.17. The lowest BCUT2D eigenvalue weighted by atomic mass is 9.89. The second-order valence-corrected chi connectivity index (χ2v) is 8.71. The minimum atomic E-state index is -1.14. The third-order valence-corrected chi connectivity index (χ3v) is 6.21. The average molecular weight is 508 g/mol. The van der Waals surface area contributed by atoms with Gasteiger partial charge in [-0.1, -0.05) is 35.5 Å². The molecular formula is C27H29N3O7. The number of fused-ring (bicyclic) bond motifs is 3. The molecule has 194 valence electrons. The van der Waals surface area contributed by atoms with E-state index >= 15 is 0 Å². The van der Waals surface area contributed by atoms with E-state index in [1.807, 2.05) is 48.5 Å². The van der Waals surface area contributed by atoms with Crippen LogP contribution in [0.5, 0.6) is 5.75 Å². The van der Waals surface area contributed by atoms with Crippen LogP contribution in [0.4, 0.5) is 4.79 Å². The van der Waals surface area contributed by atoms with Gasteiger partial charge in [-0.15, -0.1) is 0 Å².